The van der Waals surface area contributed by atoms with Gasteiger partial charge < -0.3 is 24.1 Å². The van der Waals surface area contributed by atoms with E-state index < -0.39 is 5.97 Å². The molecule has 4 rings (SSSR count). The van der Waals surface area contributed by atoms with Crippen molar-refractivity contribution in [3.05, 3.63) is 77.3 Å². The van der Waals surface area contributed by atoms with Crippen LogP contribution in [0.2, 0.25) is 5.02 Å². The zero-order chi connectivity index (χ0) is 23.2. The largest absolute Gasteiger partial charge is 0.486 e. The number of likely N-dealkylation sites (N-methyl/N-ethyl adjacent to an activating group) is 1. The molecule has 3 aromatic rings. The van der Waals surface area contributed by atoms with Crippen molar-refractivity contribution in [1.29, 1.82) is 0 Å². The van der Waals surface area contributed by atoms with Crippen LogP contribution in [0.15, 0.2) is 66.7 Å². The first-order valence-corrected chi connectivity index (χ1v) is 10.8. The van der Waals surface area contributed by atoms with Gasteiger partial charge >= 0.3 is 5.97 Å². The van der Waals surface area contributed by atoms with E-state index >= 15 is 0 Å². The minimum absolute atomic E-state index is 0.0285. The summed E-state index contributed by atoms with van der Waals surface area (Å²) in [5.74, 6) is 2.48. The smallest absolute Gasteiger partial charge is 0.317 e. The summed E-state index contributed by atoms with van der Waals surface area (Å²) >= 11 is 6.03. The number of halogens is 1. The lowest BCUT2D eigenvalue weighted by molar-refractivity contribution is -0.138. The highest BCUT2D eigenvalue weighted by Gasteiger charge is 2.17. The molecule has 0 aliphatic carbocycles. The fourth-order valence-corrected chi connectivity index (χ4v) is 3.57. The van der Waals surface area contributed by atoms with Crippen LogP contribution in [0.5, 0.6) is 28.7 Å². The summed E-state index contributed by atoms with van der Waals surface area (Å²) in [5.41, 5.74) is 0.962. The Hall–Kier alpha value is -3.42. The molecular formula is C25H24ClNO6. The molecule has 7 nitrogen and oxygen atoms in total. The van der Waals surface area contributed by atoms with Crippen LogP contribution in [0.25, 0.3) is 0 Å². The maximum absolute atomic E-state index is 11.0. The molecule has 0 saturated heterocycles. The average molecular weight is 470 g/mol. The summed E-state index contributed by atoms with van der Waals surface area (Å²) in [7, 11) is 1.77. The maximum Gasteiger partial charge on any atom is 0.317 e. The second-order valence-electron chi connectivity index (χ2n) is 7.67. The SMILES string of the molecule is CN(CCC(Oc1ccc(Oc2ccc3c(c2)OCO3)cc1)c1ccc(Cl)cc1)CC(=O)O. The topological polar surface area (TPSA) is 77.5 Å². The third kappa shape index (κ3) is 6.31. The van der Waals surface area contributed by atoms with Gasteiger partial charge in [-0.25, -0.2) is 0 Å². The molecule has 1 aliphatic heterocycles. The van der Waals surface area contributed by atoms with E-state index in [1.165, 1.54) is 0 Å². The zero-order valence-electron chi connectivity index (χ0n) is 18.1. The van der Waals surface area contributed by atoms with Crippen LogP contribution in [0, 0.1) is 0 Å². The quantitative estimate of drug-likeness (QED) is 0.426. The van der Waals surface area contributed by atoms with Gasteiger partial charge in [0, 0.05) is 24.1 Å². The molecule has 1 heterocycles. The van der Waals surface area contributed by atoms with Gasteiger partial charge in [-0.2, -0.15) is 0 Å². The van der Waals surface area contributed by atoms with Crippen LogP contribution in [-0.4, -0.2) is 42.9 Å². The van der Waals surface area contributed by atoms with Crippen molar-refractivity contribution in [2.45, 2.75) is 12.5 Å². The monoisotopic (exact) mass is 469 g/mol. The number of fused-ring (bicyclic) bond motifs is 1. The summed E-state index contributed by atoms with van der Waals surface area (Å²) < 4.78 is 22.9. The van der Waals surface area contributed by atoms with Crippen molar-refractivity contribution in [3.63, 3.8) is 0 Å². The van der Waals surface area contributed by atoms with Gasteiger partial charge in [0.15, 0.2) is 11.5 Å². The van der Waals surface area contributed by atoms with Crippen molar-refractivity contribution in [3.8, 4) is 28.7 Å². The van der Waals surface area contributed by atoms with Crippen LogP contribution in [0.4, 0.5) is 0 Å². The average Bonchev–Trinajstić information content (AvgIpc) is 3.26. The Morgan fingerprint density at radius 1 is 1.00 bits per heavy atom. The molecule has 1 N–H and O–H groups in total. The van der Waals surface area contributed by atoms with Crippen molar-refractivity contribution >= 4 is 17.6 Å². The van der Waals surface area contributed by atoms with Gasteiger partial charge in [0.1, 0.15) is 23.4 Å². The van der Waals surface area contributed by atoms with E-state index in [2.05, 4.69) is 0 Å². The molecule has 1 unspecified atom stereocenters. The first-order chi connectivity index (χ1) is 16.0. The van der Waals surface area contributed by atoms with E-state index in [4.69, 9.17) is 35.7 Å². The van der Waals surface area contributed by atoms with Crippen molar-refractivity contribution in [2.24, 2.45) is 0 Å². The second kappa shape index (κ2) is 10.5. The van der Waals surface area contributed by atoms with Crippen LogP contribution >= 0.6 is 11.6 Å². The number of hydrogen-bond acceptors (Lipinski definition) is 6. The number of rotatable bonds is 10. The predicted molar refractivity (Wildman–Crippen MR) is 124 cm³/mol. The molecule has 1 atom stereocenters. The van der Waals surface area contributed by atoms with E-state index in [0.717, 1.165) is 5.56 Å². The van der Waals surface area contributed by atoms with Gasteiger partial charge in [-0.3, -0.25) is 9.69 Å². The first kappa shape index (κ1) is 22.8. The Morgan fingerprint density at radius 2 is 1.67 bits per heavy atom. The van der Waals surface area contributed by atoms with Gasteiger partial charge in [0.2, 0.25) is 6.79 Å². The van der Waals surface area contributed by atoms with Crippen LogP contribution in [0.3, 0.4) is 0 Å². The first-order valence-electron chi connectivity index (χ1n) is 10.5. The number of hydrogen-bond donors (Lipinski definition) is 1. The molecule has 172 valence electrons. The third-order valence-electron chi connectivity index (χ3n) is 5.10. The van der Waals surface area contributed by atoms with Gasteiger partial charge in [-0.1, -0.05) is 23.7 Å². The summed E-state index contributed by atoms with van der Waals surface area (Å²) in [5, 5.41) is 9.64. The van der Waals surface area contributed by atoms with Crippen molar-refractivity contribution in [2.75, 3.05) is 26.9 Å². The Kier molecular flexibility index (Phi) is 7.22. The molecule has 0 spiro atoms. The number of carbonyl (C=O) groups is 1. The number of benzene rings is 3. The lowest BCUT2D eigenvalue weighted by Gasteiger charge is -2.23. The van der Waals surface area contributed by atoms with Crippen LogP contribution in [-0.2, 0) is 4.79 Å². The van der Waals surface area contributed by atoms with Gasteiger partial charge in [0.25, 0.3) is 0 Å². The standard InChI is InChI=1S/C25H24ClNO6/c1-27(15-25(28)29)13-12-22(17-2-4-18(26)5-3-17)33-20-8-6-19(7-9-20)32-21-10-11-23-24(14-21)31-16-30-23/h2-11,14,22H,12-13,15-16H2,1H3,(H,28,29). The van der Waals surface area contributed by atoms with E-state index in [9.17, 15) is 4.79 Å². The number of carboxylic acids is 1. The molecule has 0 amide bonds. The highest BCUT2D eigenvalue weighted by Crippen LogP contribution is 2.37. The summed E-state index contributed by atoms with van der Waals surface area (Å²) in [6, 6.07) is 20.2. The zero-order valence-corrected chi connectivity index (χ0v) is 18.8. The number of carboxylic acid groups (broad SMARTS) is 1. The van der Waals surface area contributed by atoms with E-state index in [0.29, 0.717) is 46.7 Å². The molecular weight excluding hydrogens is 446 g/mol. The minimum atomic E-state index is -0.862. The lowest BCUT2D eigenvalue weighted by atomic mass is 10.1. The molecule has 33 heavy (non-hydrogen) atoms. The Morgan fingerprint density at radius 3 is 2.39 bits per heavy atom. The third-order valence-corrected chi connectivity index (χ3v) is 5.35. The number of aliphatic carboxylic acids is 1. The molecule has 1 aliphatic rings. The molecule has 0 fully saturated rings. The van der Waals surface area contributed by atoms with E-state index in [-0.39, 0.29) is 19.4 Å². The molecule has 0 aromatic heterocycles. The van der Waals surface area contributed by atoms with Gasteiger partial charge in [0.05, 0.1) is 6.54 Å². The van der Waals surface area contributed by atoms with Crippen molar-refractivity contribution < 1.29 is 28.8 Å². The minimum Gasteiger partial charge on any atom is -0.486 e. The number of nitrogens with zero attached hydrogens (tertiary/aromatic N) is 1. The summed E-state index contributed by atoms with van der Waals surface area (Å²) in [6.45, 7) is 0.746. The highest BCUT2D eigenvalue weighted by molar-refractivity contribution is 6.30. The molecule has 8 heteroatoms. The predicted octanol–water partition coefficient (Wildman–Crippen LogP) is 5.39. The second-order valence-corrected chi connectivity index (χ2v) is 8.10. The molecule has 3 aromatic carbocycles. The Labute approximate surface area is 197 Å². The fourth-order valence-electron chi connectivity index (χ4n) is 3.45. The highest BCUT2D eigenvalue weighted by atomic mass is 35.5. The Balaban J connectivity index is 1.42. The maximum atomic E-state index is 11.0. The van der Waals surface area contributed by atoms with Crippen LogP contribution < -0.4 is 18.9 Å². The summed E-state index contributed by atoms with van der Waals surface area (Å²) in [4.78, 5) is 12.7. The van der Waals surface area contributed by atoms with Gasteiger partial charge in [-0.05, 0) is 61.1 Å². The molecule has 0 radical (unpaired) electrons. The molecule has 0 bridgehead atoms. The summed E-state index contributed by atoms with van der Waals surface area (Å²) in [6.07, 6.45) is 0.347. The van der Waals surface area contributed by atoms with E-state index in [1.807, 2.05) is 60.7 Å². The van der Waals surface area contributed by atoms with Gasteiger partial charge in [-0.15, -0.1) is 0 Å². The van der Waals surface area contributed by atoms with Crippen molar-refractivity contribution in [1.82, 2.24) is 4.90 Å². The lowest BCUT2D eigenvalue weighted by Crippen LogP contribution is -2.28. The fraction of sp³-hybridized carbons (Fsp3) is 0.240. The van der Waals surface area contributed by atoms with E-state index in [1.54, 1.807) is 18.0 Å². The van der Waals surface area contributed by atoms with Crippen LogP contribution in [0.1, 0.15) is 18.1 Å². The Bertz CT molecular complexity index is 1090. The normalized spacial score (nSPS) is 13.1. The molecule has 0 saturated carbocycles. The number of ether oxygens (including phenoxy) is 4.